The third kappa shape index (κ3) is 3.33. The van der Waals surface area contributed by atoms with Gasteiger partial charge in [-0.15, -0.1) is 0 Å². The van der Waals surface area contributed by atoms with Crippen LogP contribution in [0.2, 0.25) is 0 Å². The number of hydrogen-bond donors (Lipinski definition) is 2. The van der Waals surface area contributed by atoms with Crippen molar-refractivity contribution in [2.75, 3.05) is 17.7 Å². The van der Waals surface area contributed by atoms with Gasteiger partial charge in [-0.25, -0.2) is 9.97 Å². The van der Waals surface area contributed by atoms with Gasteiger partial charge in [0.15, 0.2) is 0 Å². The number of amides is 1. The lowest BCUT2D eigenvalue weighted by Gasteiger charge is -2.11. The van der Waals surface area contributed by atoms with Gasteiger partial charge in [0.05, 0.1) is 12.8 Å². The summed E-state index contributed by atoms with van der Waals surface area (Å²) in [5.41, 5.74) is 0.949. The highest BCUT2D eigenvalue weighted by Gasteiger charge is 2.22. The minimum Gasteiger partial charge on any atom is -0.495 e. The molecule has 114 valence electrons. The van der Waals surface area contributed by atoms with Gasteiger partial charge in [-0.05, 0) is 31.9 Å². The number of benzene rings is 1. The molecule has 0 spiro atoms. The molecule has 0 radical (unpaired) electrons. The van der Waals surface area contributed by atoms with Crippen LogP contribution < -0.4 is 15.4 Å². The molecular weight excluding hydrogens is 280 g/mol. The van der Waals surface area contributed by atoms with Crippen molar-refractivity contribution in [2.45, 2.75) is 25.8 Å². The zero-order valence-corrected chi connectivity index (χ0v) is 12.6. The van der Waals surface area contributed by atoms with E-state index in [1.165, 1.54) is 0 Å². The molecule has 6 heteroatoms. The van der Waals surface area contributed by atoms with Crippen molar-refractivity contribution in [3.05, 3.63) is 41.9 Å². The third-order valence-electron chi connectivity index (χ3n) is 3.36. The molecule has 1 aromatic carbocycles. The molecule has 1 amide bonds. The number of nitrogens with one attached hydrogen (secondary N) is 2. The molecule has 1 saturated carbocycles. The average Bonchev–Trinajstić information content (AvgIpc) is 3.31. The fraction of sp³-hybridized carbons (Fsp3) is 0.312. The second-order valence-electron chi connectivity index (χ2n) is 5.26. The molecule has 0 aliphatic heterocycles. The smallest absolute Gasteiger partial charge is 0.274 e. The molecule has 2 N–H and O–H groups in total. The van der Waals surface area contributed by atoms with Crippen molar-refractivity contribution in [3.8, 4) is 5.75 Å². The van der Waals surface area contributed by atoms with Crippen LogP contribution in [0.5, 0.6) is 5.75 Å². The van der Waals surface area contributed by atoms with Gasteiger partial charge in [-0.2, -0.15) is 0 Å². The first-order valence-electron chi connectivity index (χ1n) is 7.22. The minimum atomic E-state index is -0.283. The van der Waals surface area contributed by atoms with Crippen molar-refractivity contribution in [2.24, 2.45) is 0 Å². The summed E-state index contributed by atoms with van der Waals surface area (Å²) in [4.78, 5) is 20.9. The molecule has 0 saturated heterocycles. The molecular formula is C16H18N4O2. The van der Waals surface area contributed by atoms with Crippen LogP contribution in [0.25, 0.3) is 0 Å². The Morgan fingerprint density at radius 1 is 1.27 bits per heavy atom. The van der Waals surface area contributed by atoms with Crippen LogP contribution in [0.15, 0.2) is 30.3 Å². The number of carbonyl (C=O) groups excluding carboxylic acids is 1. The Labute approximate surface area is 128 Å². The maximum Gasteiger partial charge on any atom is 0.274 e. The van der Waals surface area contributed by atoms with Gasteiger partial charge in [-0.1, -0.05) is 12.1 Å². The second kappa shape index (κ2) is 6.01. The van der Waals surface area contributed by atoms with Crippen molar-refractivity contribution in [3.63, 3.8) is 0 Å². The normalized spacial score (nSPS) is 13.5. The van der Waals surface area contributed by atoms with E-state index in [0.717, 1.165) is 12.8 Å². The standard InChI is InChI=1S/C16H18N4O2/c1-10-17-13(9-15(18-10)19-11-7-8-11)16(21)20-12-5-3-4-6-14(12)22-2/h3-6,9,11H,7-8H2,1-2H3,(H,20,21)(H,17,18,19). The van der Waals surface area contributed by atoms with Gasteiger partial charge < -0.3 is 15.4 Å². The molecule has 2 aromatic rings. The summed E-state index contributed by atoms with van der Waals surface area (Å²) in [6.45, 7) is 1.78. The Kier molecular flexibility index (Phi) is 3.91. The van der Waals surface area contributed by atoms with Crippen LogP contribution in [-0.2, 0) is 0 Å². The molecule has 0 bridgehead atoms. The maximum atomic E-state index is 12.4. The Morgan fingerprint density at radius 2 is 2.05 bits per heavy atom. The van der Waals surface area contributed by atoms with Gasteiger partial charge in [0.25, 0.3) is 5.91 Å². The van der Waals surface area contributed by atoms with Crippen LogP contribution in [0.3, 0.4) is 0 Å². The Morgan fingerprint density at radius 3 is 2.77 bits per heavy atom. The quantitative estimate of drug-likeness (QED) is 0.887. The highest BCUT2D eigenvalue weighted by atomic mass is 16.5. The Balaban J connectivity index is 1.80. The van der Waals surface area contributed by atoms with Gasteiger partial charge in [0.1, 0.15) is 23.1 Å². The number of para-hydroxylation sites is 2. The molecule has 1 heterocycles. The Hall–Kier alpha value is -2.63. The van der Waals surface area contributed by atoms with Crippen molar-refractivity contribution in [1.82, 2.24) is 9.97 Å². The van der Waals surface area contributed by atoms with Gasteiger partial charge in [0.2, 0.25) is 0 Å². The van der Waals surface area contributed by atoms with Crippen molar-refractivity contribution < 1.29 is 9.53 Å². The first-order valence-corrected chi connectivity index (χ1v) is 7.22. The molecule has 1 aliphatic rings. The summed E-state index contributed by atoms with van der Waals surface area (Å²) in [5, 5.41) is 6.10. The predicted molar refractivity (Wildman–Crippen MR) is 84.4 cm³/mol. The van der Waals surface area contributed by atoms with Crippen LogP contribution in [0.1, 0.15) is 29.2 Å². The zero-order chi connectivity index (χ0) is 15.5. The van der Waals surface area contributed by atoms with Crippen molar-refractivity contribution in [1.29, 1.82) is 0 Å². The van der Waals surface area contributed by atoms with Crippen molar-refractivity contribution >= 4 is 17.4 Å². The van der Waals surface area contributed by atoms with E-state index in [1.54, 1.807) is 32.2 Å². The van der Waals surface area contributed by atoms with Crippen LogP contribution >= 0.6 is 0 Å². The summed E-state index contributed by atoms with van der Waals surface area (Å²) in [5.74, 6) is 1.59. The average molecular weight is 298 g/mol. The Bertz CT molecular complexity index is 698. The van der Waals surface area contributed by atoms with Crippen LogP contribution in [0.4, 0.5) is 11.5 Å². The SMILES string of the molecule is COc1ccccc1NC(=O)c1cc(NC2CC2)nc(C)n1. The summed E-state index contributed by atoms with van der Waals surface area (Å²) < 4.78 is 5.23. The number of ether oxygens (including phenoxy) is 1. The maximum absolute atomic E-state index is 12.4. The topological polar surface area (TPSA) is 76.1 Å². The molecule has 6 nitrogen and oxygen atoms in total. The highest BCUT2D eigenvalue weighted by Crippen LogP contribution is 2.25. The summed E-state index contributed by atoms with van der Waals surface area (Å²) >= 11 is 0. The van der Waals surface area contributed by atoms with Gasteiger partial charge in [-0.3, -0.25) is 4.79 Å². The molecule has 0 atom stereocenters. The number of rotatable bonds is 5. The van der Waals surface area contributed by atoms with E-state index < -0.39 is 0 Å². The summed E-state index contributed by atoms with van der Waals surface area (Å²) in [6.07, 6.45) is 2.29. The minimum absolute atomic E-state index is 0.283. The fourth-order valence-corrected chi connectivity index (χ4v) is 2.13. The molecule has 1 aliphatic carbocycles. The summed E-state index contributed by atoms with van der Waals surface area (Å²) in [7, 11) is 1.57. The number of aromatic nitrogens is 2. The van der Waals surface area contributed by atoms with Gasteiger partial charge >= 0.3 is 0 Å². The first kappa shape index (κ1) is 14.3. The monoisotopic (exact) mass is 298 g/mol. The van der Waals surface area contributed by atoms with E-state index in [4.69, 9.17) is 4.74 Å². The van der Waals surface area contributed by atoms with Crippen LogP contribution in [0, 0.1) is 6.92 Å². The van der Waals surface area contributed by atoms with E-state index in [0.29, 0.717) is 34.8 Å². The fourth-order valence-electron chi connectivity index (χ4n) is 2.13. The number of anilines is 2. The second-order valence-corrected chi connectivity index (χ2v) is 5.26. The van der Waals surface area contributed by atoms with E-state index in [2.05, 4.69) is 20.6 Å². The number of hydrogen-bond acceptors (Lipinski definition) is 5. The van der Waals surface area contributed by atoms with Crippen LogP contribution in [-0.4, -0.2) is 29.0 Å². The molecule has 1 aromatic heterocycles. The van der Waals surface area contributed by atoms with E-state index in [1.807, 2.05) is 12.1 Å². The number of aryl methyl sites for hydroxylation is 1. The van der Waals surface area contributed by atoms with Gasteiger partial charge in [0, 0.05) is 12.1 Å². The molecule has 0 unspecified atom stereocenters. The number of carbonyl (C=O) groups is 1. The summed E-state index contributed by atoms with van der Waals surface area (Å²) in [6, 6.07) is 9.41. The lowest BCUT2D eigenvalue weighted by molar-refractivity contribution is 0.102. The largest absolute Gasteiger partial charge is 0.495 e. The van der Waals surface area contributed by atoms with E-state index >= 15 is 0 Å². The molecule has 1 fully saturated rings. The lowest BCUT2D eigenvalue weighted by Crippen LogP contribution is -2.16. The van der Waals surface area contributed by atoms with E-state index in [-0.39, 0.29) is 5.91 Å². The highest BCUT2D eigenvalue weighted by molar-refractivity contribution is 6.04. The number of methoxy groups -OCH3 is 1. The predicted octanol–water partition coefficient (Wildman–Crippen LogP) is 2.62. The number of nitrogens with zero attached hydrogens (tertiary/aromatic N) is 2. The first-order chi connectivity index (χ1) is 10.7. The molecule has 22 heavy (non-hydrogen) atoms. The zero-order valence-electron chi connectivity index (χ0n) is 12.6. The lowest BCUT2D eigenvalue weighted by atomic mass is 10.2. The third-order valence-corrected chi connectivity index (χ3v) is 3.36. The van der Waals surface area contributed by atoms with E-state index in [9.17, 15) is 4.79 Å². The molecule has 3 rings (SSSR count).